The Bertz CT molecular complexity index is 3320. The number of halogens is 2. The van der Waals surface area contributed by atoms with Gasteiger partial charge in [-0.25, -0.2) is 0 Å². The van der Waals surface area contributed by atoms with Gasteiger partial charge in [-0.1, -0.05) is 55.2 Å². The third kappa shape index (κ3) is 13.3. The Hall–Kier alpha value is -7.88. The third-order valence-electron chi connectivity index (χ3n) is 14.3. The molecule has 440 valence electrons. The zero-order chi connectivity index (χ0) is 60.1. The number of amides is 6. The Morgan fingerprint density at radius 1 is 0.711 bits per heavy atom. The van der Waals surface area contributed by atoms with Crippen LogP contribution in [0.2, 0.25) is 10.0 Å². The molecular formula is C56H63BCl2N8O16. The van der Waals surface area contributed by atoms with E-state index in [4.69, 9.17) is 57.4 Å². The monoisotopic (exact) mass is 1180 g/mol. The molecule has 10 rings (SSSR count). The quantitative estimate of drug-likeness (QED) is 0.0799. The number of nitrogens with one attached hydrogen (secondary N) is 7. The highest BCUT2D eigenvalue weighted by molar-refractivity contribution is 6.44. The van der Waals surface area contributed by atoms with Gasteiger partial charge in [0, 0.05) is 23.7 Å². The predicted molar refractivity (Wildman–Crippen MR) is 302 cm³/mol. The second-order valence-electron chi connectivity index (χ2n) is 20.3. The highest BCUT2D eigenvalue weighted by Gasteiger charge is 2.41. The maximum absolute atomic E-state index is 15.3. The van der Waals surface area contributed by atoms with Gasteiger partial charge in [-0.2, -0.15) is 0 Å². The number of aliphatic hydroxyl groups is 2. The van der Waals surface area contributed by atoms with E-state index in [2.05, 4.69) is 37.2 Å². The normalized spacial score (nSPS) is 22.0. The molecule has 6 amide bonds. The zero-order valence-corrected chi connectivity index (χ0v) is 47.5. The summed E-state index contributed by atoms with van der Waals surface area (Å²) in [7, 11) is 4.66. The molecule has 24 nitrogen and oxygen atoms in total. The molecule has 5 aromatic carbocycles. The summed E-state index contributed by atoms with van der Waals surface area (Å²) in [5, 5.41) is 65.5. The Morgan fingerprint density at radius 2 is 1.34 bits per heavy atom. The van der Waals surface area contributed by atoms with Gasteiger partial charge in [0.15, 0.2) is 11.5 Å². The number of hydrogen-bond acceptors (Lipinski definition) is 18. The second-order valence-corrected chi connectivity index (χ2v) is 21.1. The molecule has 0 radical (unpaired) electrons. The number of likely N-dealkylation sites (N-methyl/N-ethyl adjacent to an activating group) is 1. The highest BCUT2D eigenvalue weighted by atomic mass is 35.5. The number of rotatable bonds is 12. The average molecular weight is 1190 g/mol. The number of fused-ring (bicyclic) bond motifs is 15. The van der Waals surface area contributed by atoms with Crippen LogP contribution in [0.5, 0.6) is 46.0 Å². The van der Waals surface area contributed by atoms with Crippen LogP contribution in [0.4, 0.5) is 0 Å². The van der Waals surface area contributed by atoms with Crippen molar-refractivity contribution < 1.29 is 77.4 Å². The molecule has 27 heteroatoms. The van der Waals surface area contributed by atoms with E-state index in [1.165, 1.54) is 101 Å². The van der Waals surface area contributed by atoms with Gasteiger partial charge in [-0.05, 0) is 102 Å². The van der Waals surface area contributed by atoms with E-state index in [0.29, 0.717) is 6.42 Å². The molecule has 5 heterocycles. The van der Waals surface area contributed by atoms with Gasteiger partial charge in [0.25, 0.3) is 0 Å². The van der Waals surface area contributed by atoms with Crippen LogP contribution in [0.25, 0.3) is 11.1 Å². The minimum Gasteiger partial charge on any atom is -0.497 e. The summed E-state index contributed by atoms with van der Waals surface area (Å²) in [5.41, 5.74) is 6.52. The van der Waals surface area contributed by atoms with E-state index in [-0.39, 0.29) is 101 Å². The van der Waals surface area contributed by atoms with E-state index in [0.717, 1.165) is 0 Å². The third-order valence-corrected chi connectivity index (χ3v) is 14.9. The summed E-state index contributed by atoms with van der Waals surface area (Å²) in [6, 6.07) is 9.34. The Morgan fingerprint density at radius 3 is 1.89 bits per heavy atom. The number of hydrogen-bond donors (Lipinski definition) is 12. The van der Waals surface area contributed by atoms with Crippen molar-refractivity contribution in [2.24, 2.45) is 11.7 Å². The van der Waals surface area contributed by atoms with E-state index in [1.807, 2.05) is 13.8 Å². The van der Waals surface area contributed by atoms with Crippen molar-refractivity contribution in [2.45, 2.75) is 81.1 Å². The van der Waals surface area contributed by atoms with Gasteiger partial charge in [0.2, 0.25) is 41.2 Å². The van der Waals surface area contributed by atoms with Crippen molar-refractivity contribution in [3.05, 3.63) is 117 Å². The Balaban J connectivity index is 1.37. The molecule has 13 N–H and O–H groups in total. The fraction of sp³-hybridized carbons (Fsp3) is 0.357. The van der Waals surface area contributed by atoms with Crippen LogP contribution in [-0.4, -0.2) is 129 Å². The van der Waals surface area contributed by atoms with Crippen LogP contribution in [0.15, 0.2) is 78.9 Å². The van der Waals surface area contributed by atoms with E-state index in [9.17, 15) is 39.4 Å². The first kappa shape index (κ1) is 61.2. The lowest BCUT2D eigenvalue weighted by molar-refractivity contribution is -0.136. The molecule has 5 aliphatic rings. The molecule has 9 atom stereocenters. The molecule has 83 heavy (non-hydrogen) atoms. The van der Waals surface area contributed by atoms with E-state index in [1.54, 1.807) is 13.1 Å². The minimum atomic E-state index is -2.32. The van der Waals surface area contributed by atoms with Gasteiger partial charge in [0.1, 0.15) is 65.1 Å². The summed E-state index contributed by atoms with van der Waals surface area (Å²) < 4.78 is 36.2. The fourth-order valence-corrected chi connectivity index (χ4v) is 10.6. The smallest absolute Gasteiger partial charge is 0.480 e. The van der Waals surface area contributed by atoms with Crippen molar-refractivity contribution >= 4 is 65.8 Å². The molecule has 0 aliphatic carbocycles. The Kier molecular flexibility index (Phi) is 19.3. The summed E-state index contributed by atoms with van der Waals surface area (Å²) in [6.07, 6.45) is -4.21. The first-order valence-corrected chi connectivity index (χ1v) is 26.9. The minimum absolute atomic E-state index is 0.00783. The topological polar surface area (TPSA) is 349 Å². The molecule has 11 bridgehead atoms. The number of methoxy groups -OCH3 is 4. The summed E-state index contributed by atoms with van der Waals surface area (Å²) in [6.45, 7) is 3.33. The lowest BCUT2D eigenvalue weighted by Gasteiger charge is -2.32. The molecule has 5 aliphatic heterocycles. The number of nitrogens with two attached hydrogens (primary N) is 1. The standard InChI is InChI=1S/C56H63BCl2N8O16/c1-24(2)14-34(61-3)52(71)65-46-48(69)26-9-12-38(32(58)16-26)82-41-18-28-19-42(50(41)81-7)83-39-13-10-27(17-33(39)59)49(70)47-56(75)67-51(57(76)77)31-20-29(78-4)21-40(80-6)44(31)30-15-25(8-11-37(30)79-5)45(54(73)66-47)62-23-36(28)64-53(72)35(22-43(60)68)63-55(46)74/h8-13,15-21,24,34-36,45-49,51,61-62,69-70,76-77H,14,22-23H2,1-7H3,(H2,60,68)(H,63,74)(H,64,72)(H,65,71)(H,66,73)(H,67,75)/t34-,35-,36-,45+,46+,47-,48+,49+,51?/m0/s1. The second kappa shape index (κ2) is 26.1. The molecule has 0 spiro atoms. The number of carbonyl (C=O) groups excluding carboxylic acids is 6. The molecule has 0 saturated carbocycles. The molecule has 0 fully saturated rings. The first-order chi connectivity index (χ1) is 39.6. The van der Waals surface area contributed by atoms with Gasteiger partial charge in [-0.15, -0.1) is 0 Å². The summed E-state index contributed by atoms with van der Waals surface area (Å²) in [5.74, 6) is -7.36. The van der Waals surface area contributed by atoms with Crippen molar-refractivity contribution in [3.63, 3.8) is 0 Å². The lowest BCUT2D eigenvalue weighted by atomic mass is 9.72. The van der Waals surface area contributed by atoms with Crippen LogP contribution in [0.3, 0.4) is 0 Å². The van der Waals surface area contributed by atoms with Crippen LogP contribution in [0, 0.1) is 5.92 Å². The summed E-state index contributed by atoms with van der Waals surface area (Å²) in [4.78, 5) is 86.4. The maximum atomic E-state index is 15.3. The number of aliphatic hydroxyl groups excluding tert-OH is 2. The number of ether oxygens (including phenoxy) is 6. The number of benzene rings is 5. The lowest BCUT2D eigenvalue weighted by Crippen LogP contribution is -2.58. The Labute approximate surface area is 487 Å². The predicted octanol–water partition coefficient (Wildman–Crippen LogP) is 3.01. The van der Waals surface area contributed by atoms with Crippen molar-refractivity contribution in [3.8, 4) is 57.1 Å². The maximum Gasteiger partial charge on any atom is 0.480 e. The fourth-order valence-electron chi connectivity index (χ4n) is 10.1. The van der Waals surface area contributed by atoms with Crippen molar-refractivity contribution in [1.82, 2.24) is 37.2 Å². The van der Waals surface area contributed by atoms with Crippen LogP contribution < -0.4 is 71.4 Å². The number of primary amides is 1. The molecule has 1 unspecified atom stereocenters. The van der Waals surface area contributed by atoms with Crippen LogP contribution in [0.1, 0.15) is 84.7 Å². The SMILES string of the molecule is CN[C@@H](CC(C)C)C(=O)N[C@H]1C(=O)N[C@@H](CC(N)=O)C(=O)N[C@H]2CN[C@H]3C(=O)N[C@H](C(=O)NC(B(O)O)c4cc(OC)cc(OC)c4-c4cc3ccc4OC)[C@H](O)c3ccc(c(Cl)c3)Oc3cc2cc(c3OC)Oc2ccc(cc2Cl)[C@H]1O. The molecule has 5 aromatic rings. The average Bonchev–Trinajstić information content (AvgIpc) is 3.64. The van der Waals surface area contributed by atoms with Crippen LogP contribution in [-0.2, 0) is 28.8 Å². The van der Waals surface area contributed by atoms with E-state index >= 15 is 9.59 Å². The largest absolute Gasteiger partial charge is 0.497 e. The van der Waals surface area contributed by atoms with Gasteiger partial charge < -0.3 is 86.3 Å². The zero-order valence-electron chi connectivity index (χ0n) is 46.0. The van der Waals surface area contributed by atoms with Gasteiger partial charge in [-0.3, -0.25) is 34.1 Å². The summed E-state index contributed by atoms with van der Waals surface area (Å²) >= 11 is 13.9. The number of carbonyl (C=O) groups is 6. The van der Waals surface area contributed by atoms with Crippen molar-refractivity contribution in [1.29, 1.82) is 0 Å². The molecule has 0 aromatic heterocycles. The van der Waals surface area contributed by atoms with Gasteiger partial charge >= 0.3 is 7.12 Å². The van der Waals surface area contributed by atoms with Crippen molar-refractivity contribution in [2.75, 3.05) is 42.0 Å². The molecule has 0 saturated heterocycles. The van der Waals surface area contributed by atoms with E-state index < -0.39 is 110 Å². The van der Waals surface area contributed by atoms with Gasteiger partial charge in [0.05, 0.1) is 62.9 Å². The molecular weight excluding hydrogens is 1120 g/mol. The van der Waals surface area contributed by atoms with Crippen LogP contribution >= 0.6 is 23.2 Å². The first-order valence-electron chi connectivity index (χ1n) is 26.1. The highest BCUT2D eigenvalue weighted by Crippen LogP contribution is 2.48.